The second-order valence-corrected chi connectivity index (χ2v) is 3.02. The Balaban J connectivity index is 2.70. The predicted octanol–water partition coefficient (Wildman–Crippen LogP) is -0.413. The SMILES string of the molecule is Cc1[nH]cnc1C(O)C(O)CC(=O)O. The van der Waals surface area contributed by atoms with Crippen molar-refractivity contribution in [3.05, 3.63) is 17.7 Å². The lowest BCUT2D eigenvalue weighted by atomic mass is 10.1. The average Bonchev–Trinajstić information content (AvgIpc) is 2.48. The molecule has 78 valence electrons. The number of aliphatic carboxylic acids is 1. The summed E-state index contributed by atoms with van der Waals surface area (Å²) in [6.07, 6.45) is -1.73. The molecule has 0 saturated carbocycles. The normalized spacial score (nSPS) is 15.1. The number of hydrogen-bond acceptors (Lipinski definition) is 4. The van der Waals surface area contributed by atoms with Gasteiger partial charge in [0.05, 0.1) is 24.5 Å². The van der Waals surface area contributed by atoms with Gasteiger partial charge in [0.1, 0.15) is 6.10 Å². The maximum atomic E-state index is 10.3. The number of carboxylic acid groups (broad SMARTS) is 1. The Morgan fingerprint density at radius 1 is 1.64 bits per heavy atom. The van der Waals surface area contributed by atoms with Gasteiger partial charge in [-0.2, -0.15) is 0 Å². The topological polar surface area (TPSA) is 106 Å². The van der Waals surface area contributed by atoms with Gasteiger partial charge in [0, 0.05) is 5.69 Å². The van der Waals surface area contributed by atoms with Crippen LogP contribution < -0.4 is 0 Å². The second-order valence-electron chi connectivity index (χ2n) is 3.02. The number of hydrogen-bond donors (Lipinski definition) is 4. The first kappa shape index (κ1) is 10.7. The summed E-state index contributed by atoms with van der Waals surface area (Å²) >= 11 is 0. The van der Waals surface area contributed by atoms with E-state index in [4.69, 9.17) is 5.11 Å². The number of carbonyl (C=O) groups is 1. The third-order valence-corrected chi connectivity index (χ3v) is 1.90. The zero-order chi connectivity index (χ0) is 10.7. The molecule has 6 heteroatoms. The van der Waals surface area contributed by atoms with E-state index >= 15 is 0 Å². The molecule has 1 aromatic heterocycles. The summed E-state index contributed by atoms with van der Waals surface area (Å²) in [5.74, 6) is -1.16. The first-order chi connectivity index (χ1) is 6.52. The van der Waals surface area contributed by atoms with E-state index in [1.807, 2.05) is 0 Å². The molecule has 0 aliphatic rings. The van der Waals surface area contributed by atoms with Gasteiger partial charge in [0.15, 0.2) is 0 Å². The van der Waals surface area contributed by atoms with Crippen molar-refractivity contribution in [3.63, 3.8) is 0 Å². The molecule has 1 heterocycles. The number of carboxylic acids is 1. The molecule has 0 aliphatic carbocycles. The number of aliphatic hydroxyl groups is 2. The maximum Gasteiger partial charge on any atom is 0.306 e. The summed E-state index contributed by atoms with van der Waals surface area (Å²) in [5.41, 5.74) is 0.890. The molecule has 0 fully saturated rings. The van der Waals surface area contributed by atoms with Crippen LogP contribution in [-0.2, 0) is 4.79 Å². The highest BCUT2D eigenvalue weighted by Crippen LogP contribution is 2.18. The Labute approximate surface area is 80.2 Å². The molecule has 0 radical (unpaired) electrons. The molecule has 0 aliphatic heterocycles. The van der Waals surface area contributed by atoms with Gasteiger partial charge in [-0.1, -0.05) is 0 Å². The number of nitrogens with zero attached hydrogens (tertiary/aromatic N) is 1. The number of nitrogens with one attached hydrogen (secondary N) is 1. The van der Waals surface area contributed by atoms with Crippen LogP contribution >= 0.6 is 0 Å². The molecular weight excluding hydrogens is 188 g/mol. The highest BCUT2D eigenvalue weighted by atomic mass is 16.4. The van der Waals surface area contributed by atoms with Crippen molar-refractivity contribution in [1.29, 1.82) is 0 Å². The molecule has 4 N–H and O–H groups in total. The van der Waals surface area contributed by atoms with Crippen LogP contribution in [0.15, 0.2) is 6.33 Å². The standard InChI is InChI=1S/C8H12N2O4/c1-4-7(10-3-9-4)8(14)5(11)2-6(12)13/h3,5,8,11,14H,2H2,1H3,(H,9,10)(H,12,13). The Morgan fingerprint density at radius 2 is 2.29 bits per heavy atom. The third-order valence-electron chi connectivity index (χ3n) is 1.90. The largest absolute Gasteiger partial charge is 0.481 e. The van der Waals surface area contributed by atoms with Gasteiger partial charge in [0.2, 0.25) is 0 Å². The number of aromatic amines is 1. The van der Waals surface area contributed by atoms with E-state index in [0.717, 1.165) is 0 Å². The van der Waals surface area contributed by atoms with Crippen LogP contribution in [0.1, 0.15) is 23.9 Å². The molecule has 2 unspecified atom stereocenters. The molecule has 1 aromatic rings. The average molecular weight is 200 g/mol. The molecule has 2 atom stereocenters. The van der Waals surface area contributed by atoms with Crippen LogP contribution in [0.5, 0.6) is 0 Å². The highest BCUT2D eigenvalue weighted by molar-refractivity contribution is 5.67. The lowest BCUT2D eigenvalue weighted by molar-refractivity contribution is -0.141. The maximum absolute atomic E-state index is 10.3. The summed E-state index contributed by atoms with van der Waals surface area (Å²) in [4.78, 5) is 16.8. The van der Waals surface area contributed by atoms with Gasteiger partial charge < -0.3 is 20.3 Å². The van der Waals surface area contributed by atoms with Crippen molar-refractivity contribution in [3.8, 4) is 0 Å². The lowest BCUT2D eigenvalue weighted by Gasteiger charge is -2.14. The van der Waals surface area contributed by atoms with Crippen molar-refractivity contribution < 1.29 is 20.1 Å². The quantitative estimate of drug-likeness (QED) is 0.528. The Bertz CT molecular complexity index is 323. The number of aliphatic hydroxyl groups excluding tert-OH is 2. The summed E-state index contributed by atoms with van der Waals surface area (Å²) in [6, 6.07) is 0. The van der Waals surface area contributed by atoms with Crippen LogP contribution in [0.25, 0.3) is 0 Å². The van der Waals surface area contributed by atoms with E-state index in [2.05, 4.69) is 9.97 Å². The van der Waals surface area contributed by atoms with E-state index < -0.39 is 24.6 Å². The molecule has 0 aromatic carbocycles. The van der Waals surface area contributed by atoms with Crippen molar-refractivity contribution in [1.82, 2.24) is 9.97 Å². The van der Waals surface area contributed by atoms with Crippen LogP contribution in [0.2, 0.25) is 0 Å². The van der Waals surface area contributed by atoms with E-state index in [1.165, 1.54) is 6.33 Å². The van der Waals surface area contributed by atoms with Crippen molar-refractivity contribution in [2.75, 3.05) is 0 Å². The molecule has 6 nitrogen and oxygen atoms in total. The minimum absolute atomic E-state index is 0.277. The van der Waals surface area contributed by atoms with E-state index in [1.54, 1.807) is 6.92 Å². The van der Waals surface area contributed by atoms with Gasteiger partial charge in [-0.3, -0.25) is 4.79 Å². The van der Waals surface area contributed by atoms with Gasteiger partial charge >= 0.3 is 5.97 Å². The fraction of sp³-hybridized carbons (Fsp3) is 0.500. The van der Waals surface area contributed by atoms with Gasteiger partial charge in [0.25, 0.3) is 0 Å². The smallest absolute Gasteiger partial charge is 0.306 e. The molecular formula is C8H12N2O4. The first-order valence-electron chi connectivity index (χ1n) is 4.10. The lowest BCUT2D eigenvalue weighted by Crippen LogP contribution is -2.22. The number of imidazole rings is 1. The second kappa shape index (κ2) is 4.21. The van der Waals surface area contributed by atoms with Crippen LogP contribution in [0.4, 0.5) is 0 Å². The number of aryl methyl sites for hydroxylation is 1. The summed E-state index contributed by atoms with van der Waals surface area (Å²) in [5, 5.41) is 27.2. The summed E-state index contributed by atoms with van der Waals surface area (Å²) < 4.78 is 0. The highest BCUT2D eigenvalue weighted by Gasteiger charge is 2.24. The zero-order valence-corrected chi connectivity index (χ0v) is 7.64. The Hall–Kier alpha value is -1.40. The van der Waals surface area contributed by atoms with Gasteiger partial charge in [-0.15, -0.1) is 0 Å². The number of aromatic nitrogens is 2. The predicted molar refractivity (Wildman–Crippen MR) is 46.5 cm³/mol. The van der Waals surface area contributed by atoms with E-state index in [0.29, 0.717) is 5.69 Å². The van der Waals surface area contributed by atoms with Crippen LogP contribution in [0, 0.1) is 6.92 Å². The molecule has 0 spiro atoms. The Kier molecular flexibility index (Phi) is 3.21. The van der Waals surface area contributed by atoms with Crippen molar-refractivity contribution >= 4 is 5.97 Å². The zero-order valence-electron chi connectivity index (χ0n) is 7.64. The van der Waals surface area contributed by atoms with Crippen LogP contribution in [0.3, 0.4) is 0 Å². The monoisotopic (exact) mass is 200 g/mol. The van der Waals surface area contributed by atoms with Gasteiger partial charge in [-0.05, 0) is 6.92 Å². The molecule has 0 saturated heterocycles. The minimum Gasteiger partial charge on any atom is -0.481 e. The van der Waals surface area contributed by atoms with Crippen LogP contribution in [-0.4, -0.2) is 37.4 Å². The van der Waals surface area contributed by atoms with E-state index in [9.17, 15) is 15.0 Å². The fourth-order valence-corrected chi connectivity index (χ4v) is 1.14. The van der Waals surface area contributed by atoms with Crippen molar-refractivity contribution in [2.24, 2.45) is 0 Å². The van der Waals surface area contributed by atoms with Gasteiger partial charge in [-0.25, -0.2) is 4.98 Å². The minimum atomic E-state index is -1.34. The molecule has 0 bridgehead atoms. The molecule has 14 heavy (non-hydrogen) atoms. The number of H-pyrrole nitrogens is 1. The molecule has 1 rings (SSSR count). The van der Waals surface area contributed by atoms with E-state index in [-0.39, 0.29) is 5.69 Å². The third kappa shape index (κ3) is 2.30. The first-order valence-corrected chi connectivity index (χ1v) is 4.10. The summed E-state index contributed by atoms with van der Waals surface area (Å²) in [6.45, 7) is 1.68. The van der Waals surface area contributed by atoms with Crippen molar-refractivity contribution in [2.45, 2.75) is 25.6 Å². The Morgan fingerprint density at radius 3 is 2.71 bits per heavy atom. The molecule has 0 amide bonds. The summed E-state index contributed by atoms with van der Waals surface area (Å²) in [7, 11) is 0. The fourth-order valence-electron chi connectivity index (χ4n) is 1.14. The number of rotatable bonds is 4.